The van der Waals surface area contributed by atoms with Gasteiger partial charge < -0.3 is 14.8 Å². The van der Waals surface area contributed by atoms with Crippen LogP contribution < -0.4 is 5.32 Å². The molecule has 2 aromatic heterocycles. The Morgan fingerprint density at radius 3 is 2.43 bits per heavy atom. The maximum absolute atomic E-state index is 12.8. The van der Waals surface area contributed by atoms with Gasteiger partial charge in [-0.25, -0.2) is 9.48 Å². The Bertz CT molecular complexity index is 1010. The molecule has 0 fully saturated rings. The number of carboxylic acids is 1. The fourth-order valence-electron chi connectivity index (χ4n) is 2.91. The van der Waals surface area contributed by atoms with Crippen LogP contribution in [0.1, 0.15) is 58.7 Å². The molecule has 0 saturated heterocycles. The van der Waals surface area contributed by atoms with Crippen molar-refractivity contribution in [3.63, 3.8) is 0 Å². The van der Waals surface area contributed by atoms with E-state index in [0.29, 0.717) is 22.8 Å². The first-order valence-corrected chi connectivity index (χ1v) is 8.93. The largest absolute Gasteiger partial charge is 0.478 e. The summed E-state index contributed by atoms with van der Waals surface area (Å²) in [7, 11) is 0. The number of carbonyl (C=O) groups is 2. The van der Waals surface area contributed by atoms with Crippen LogP contribution in [-0.2, 0) is 12.0 Å². The van der Waals surface area contributed by atoms with Crippen LogP contribution in [0.2, 0.25) is 0 Å². The normalized spacial score (nSPS) is 11.4. The molecule has 7 nitrogen and oxygen atoms in total. The number of carboxylic acid groups (broad SMARTS) is 1. The molecule has 7 heteroatoms. The SMILES string of the molecule is Cc1oc(CNC(=O)c2cn(-c3ccccc3)nc2C(C)(C)C)cc1C(=O)O. The molecule has 28 heavy (non-hydrogen) atoms. The first-order valence-electron chi connectivity index (χ1n) is 8.93. The maximum atomic E-state index is 12.8. The van der Waals surface area contributed by atoms with Crippen LogP contribution in [0.15, 0.2) is 47.0 Å². The summed E-state index contributed by atoms with van der Waals surface area (Å²) < 4.78 is 7.11. The first kappa shape index (κ1) is 19.4. The van der Waals surface area contributed by atoms with E-state index in [2.05, 4.69) is 10.4 Å². The molecule has 0 aliphatic heterocycles. The molecule has 2 N–H and O–H groups in total. The molecule has 0 unspecified atom stereocenters. The molecular formula is C21H23N3O4. The zero-order valence-electron chi connectivity index (χ0n) is 16.3. The lowest BCUT2D eigenvalue weighted by Gasteiger charge is -2.17. The van der Waals surface area contributed by atoms with Gasteiger partial charge in [-0.15, -0.1) is 0 Å². The Morgan fingerprint density at radius 1 is 1.18 bits per heavy atom. The number of nitrogens with zero attached hydrogens (tertiary/aromatic N) is 2. The Morgan fingerprint density at radius 2 is 1.86 bits per heavy atom. The van der Waals surface area contributed by atoms with Gasteiger partial charge >= 0.3 is 5.97 Å². The number of carbonyl (C=O) groups excluding carboxylic acids is 1. The zero-order chi connectivity index (χ0) is 20.5. The summed E-state index contributed by atoms with van der Waals surface area (Å²) in [5.41, 5.74) is 1.77. The second kappa shape index (κ2) is 7.34. The smallest absolute Gasteiger partial charge is 0.339 e. The van der Waals surface area contributed by atoms with Crippen LogP contribution >= 0.6 is 0 Å². The van der Waals surface area contributed by atoms with Crippen molar-refractivity contribution in [1.82, 2.24) is 15.1 Å². The summed E-state index contributed by atoms with van der Waals surface area (Å²) >= 11 is 0. The summed E-state index contributed by atoms with van der Waals surface area (Å²) in [4.78, 5) is 24.0. The molecular weight excluding hydrogens is 358 g/mol. The summed E-state index contributed by atoms with van der Waals surface area (Å²) in [5.74, 6) is -0.656. The standard InChI is InChI=1S/C21H23N3O4/c1-13-16(20(26)27)10-15(28-13)11-22-19(25)17-12-24(14-8-6-5-7-9-14)23-18(17)21(2,3)4/h5-10,12H,11H2,1-4H3,(H,22,25)(H,26,27). The van der Waals surface area contributed by atoms with Gasteiger partial charge in [-0.3, -0.25) is 4.79 Å². The molecule has 3 rings (SSSR count). The number of furan rings is 1. The van der Waals surface area contributed by atoms with Crippen molar-refractivity contribution >= 4 is 11.9 Å². The van der Waals surface area contributed by atoms with Crippen molar-refractivity contribution in [2.24, 2.45) is 0 Å². The summed E-state index contributed by atoms with van der Waals surface area (Å²) in [6.45, 7) is 7.66. The summed E-state index contributed by atoms with van der Waals surface area (Å²) in [6, 6.07) is 11.0. The average Bonchev–Trinajstić information content (AvgIpc) is 3.24. The van der Waals surface area contributed by atoms with E-state index in [4.69, 9.17) is 9.52 Å². The molecule has 0 aliphatic rings. The van der Waals surface area contributed by atoms with Crippen molar-refractivity contribution < 1.29 is 19.1 Å². The second-order valence-corrected chi connectivity index (χ2v) is 7.59. The van der Waals surface area contributed by atoms with E-state index in [1.165, 1.54) is 6.07 Å². The van der Waals surface area contributed by atoms with Gasteiger partial charge in [0.25, 0.3) is 5.91 Å². The van der Waals surface area contributed by atoms with E-state index in [1.54, 1.807) is 17.8 Å². The number of amides is 1. The molecule has 0 bridgehead atoms. The van der Waals surface area contributed by atoms with Gasteiger partial charge in [0.1, 0.15) is 17.1 Å². The highest BCUT2D eigenvalue weighted by Gasteiger charge is 2.26. The van der Waals surface area contributed by atoms with E-state index in [9.17, 15) is 9.59 Å². The van der Waals surface area contributed by atoms with Gasteiger partial charge in [-0.05, 0) is 25.1 Å². The topological polar surface area (TPSA) is 97.4 Å². The Balaban J connectivity index is 1.85. The minimum Gasteiger partial charge on any atom is -0.478 e. The first-order chi connectivity index (χ1) is 13.2. The van der Waals surface area contributed by atoms with Gasteiger partial charge in [0.15, 0.2) is 0 Å². The number of aryl methyl sites for hydroxylation is 1. The fraction of sp³-hybridized carbons (Fsp3) is 0.286. The molecule has 0 saturated carbocycles. The molecule has 0 atom stereocenters. The lowest BCUT2D eigenvalue weighted by Crippen LogP contribution is -2.26. The third kappa shape index (κ3) is 3.98. The number of benzene rings is 1. The number of aromatic carboxylic acids is 1. The van der Waals surface area contributed by atoms with E-state index < -0.39 is 5.97 Å². The third-order valence-electron chi connectivity index (χ3n) is 4.31. The quantitative estimate of drug-likeness (QED) is 0.702. The second-order valence-electron chi connectivity index (χ2n) is 7.59. The van der Waals surface area contributed by atoms with Gasteiger partial charge in [0.2, 0.25) is 0 Å². The molecule has 2 heterocycles. The highest BCUT2D eigenvalue weighted by Crippen LogP contribution is 2.26. The van der Waals surface area contributed by atoms with Crippen LogP contribution in [0.4, 0.5) is 0 Å². The van der Waals surface area contributed by atoms with Crippen LogP contribution in [0, 0.1) is 6.92 Å². The van der Waals surface area contributed by atoms with Crippen LogP contribution in [0.5, 0.6) is 0 Å². The van der Waals surface area contributed by atoms with Gasteiger partial charge in [0.05, 0.1) is 23.5 Å². The van der Waals surface area contributed by atoms with E-state index in [0.717, 1.165) is 5.69 Å². The maximum Gasteiger partial charge on any atom is 0.339 e. The summed E-state index contributed by atoms with van der Waals surface area (Å²) in [5, 5.41) is 16.5. The van der Waals surface area contributed by atoms with E-state index in [1.807, 2.05) is 51.1 Å². The van der Waals surface area contributed by atoms with Crippen LogP contribution in [0.3, 0.4) is 0 Å². The predicted molar refractivity (Wildman–Crippen MR) is 104 cm³/mol. The highest BCUT2D eigenvalue weighted by molar-refractivity contribution is 5.95. The third-order valence-corrected chi connectivity index (χ3v) is 4.31. The fourth-order valence-corrected chi connectivity index (χ4v) is 2.91. The van der Waals surface area contributed by atoms with Crippen molar-refractivity contribution in [1.29, 1.82) is 0 Å². The number of para-hydroxylation sites is 1. The minimum absolute atomic E-state index is 0.0903. The Labute approximate surface area is 163 Å². The zero-order valence-corrected chi connectivity index (χ0v) is 16.3. The number of hydrogen-bond donors (Lipinski definition) is 2. The molecule has 3 aromatic rings. The predicted octanol–water partition coefficient (Wildman–Crippen LogP) is 3.70. The molecule has 0 spiro atoms. The van der Waals surface area contributed by atoms with Crippen LogP contribution in [-0.4, -0.2) is 26.8 Å². The van der Waals surface area contributed by atoms with Crippen molar-refractivity contribution in [2.45, 2.75) is 39.7 Å². The lowest BCUT2D eigenvalue weighted by atomic mass is 9.89. The van der Waals surface area contributed by atoms with Crippen molar-refractivity contribution in [3.8, 4) is 5.69 Å². The summed E-state index contributed by atoms with van der Waals surface area (Å²) in [6.07, 6.45) is 1.71. The minimum atomic E-state index is -1.06. The van der Waals surface area contributed by atoms with Gasteiger partial charge in [-0.1, -0.05) is 39.0 Å². The van der Waals surface area contributed by atoms with Gasteiger partial charge in [-0.2, -0.15) is 5.10 Å². The van der Waals surface area contributed by atoms with Crippen molar-refractivity contribution in [3.05, 3.63) is 70.9 Å². The average molecular weight is 381 g/mol. The lowest BCUT2D eigenvalue weighted by molar-refractivity contribution is 0.0694. The molecule has 1 amide bonds. The Kier molecular flexibility index (Phi) is 5.09. The number of aromatic nitrogens is 2. The monoisotopic (exact) mass is 381 g/mol. The molecule has 0 aliphatic carbocycles. The van der Waals surface area contributed by atoms with Crippen molar-refractivity contribution in [2.75, 3.05) is 0 Å². The number of rotatable bonds is 5. The molecule has 1 aromatic carbocycles. The van der Waals surface area contributed by atoms with Crippen LogP contribution in [0.25, 0.3) is 5.69 Å². The van der Waals surface area contributed by atoms with E-state index in [-0.39, 0.29) is 23.4 Å². The van der Waals surface area contributed by atoms with Gasteiger partial charge in [0, 0.05) is 11.6 Å². The molecule has 146 valence electrons. The Hall–Kier alpha value is -3.35. The molecule has 0 radical (unpaired) electrons. The number of nitrogens with one attached hydrogen (secondary N) is 1. The highest BCUT2D eigenvalue weighted by atomic mass is 16.4. The number of hydrogen-bond acceptors (Lipinski definition) is 4. The van der Waals surface area contributed by atoms with E-state index >= 15 is 0 Å².